The third-order valence-corrected chi connectivity index (χ3v) is 4.59. The lowest BCUT2D eigenvalue weighted by molar-refractivity contribution is -0.150. The zero-order valence-electron chi connectivity index (χ0n) is 17.9. The maximum Gasteiger partial charge on any atom is 0.347 e. The zero-order chi connectivity index (χ0) is 21.9. The number of rotatable bonds is 6. The fourth-order valence-electron chi connectivity index (χ4n) is 2.90. The number of hydrogen-bond donors (Lipinski definition) is 0. The molecule has 0 fully saturated rings. The van der Waals surface area contributed by atoms with E-state index in [0.29, 0.717) is 22.5 Å². The molecule has 3 rings (SSSR count). The van der Waals surface area contributed by atoms with Crippen molar-refractivity contribution in [1.29, 1.82) is 0 Å². The number of benzene rings is 2. The Balaban J connectivity index is 1.81. The van der Waals surface area contributed by atoms with Crippen LogP contribution in [-0.4, -0.2) is 18.7 Å². The summed E-state index contributed by atoms with van der Waals surface area (Å²) in [5.41, 5.74) is 1.25. The predicted octanol–water partition coefficient (Wildman–Crippen LogP) is 5.21. The molecule has 0 spiro atoms. The average molecular weight is 410 g/mol. The molecule has 6 nitrogen and oxygen atoms in total. The van der Waals surface area contributed by atoms with Crippen LogP contribution in [0.3, 0.4) is 0 Å². The van der Waals surface area contributed by atoms with Gasteiger partial charge in [0.15, 0.2) is 6.10 Å². The number of fused-ring (bicyclic) bond motifs is 1. The van der Waals surface area contributed by atoms with Gasteiger partial charge in [-0.05, 0) is 49.1 Å². The summed E-state index contributed by atoms with van der Waals surface area (Å²) in [5, 5.41) is 0.356. The second-order valence-electron chi connectivity index (χ2n) is 7.98. The molecule has 1 unspecified atom stereocenters. The van der Waals surface area contributed by atoms with Crippen LogP contribution in [0.4, 0.5) is 0 Å². The Morgan fingerprint density at radius 2 is 1.73 bits per heavy atom. The molecule has 0 saturated carbocycles. The molecule has 0 saturated heterocycles. The molecule has 158 valence electrons. The Morgan fingerprint density at radius 1 is 1.07 bits per heavy atom. The summed E-state index contributed by atoms with van der Waals surface area (Å²) in [4.78, 5) is 24.5. The van der Waals surface area contributed by atoms with Crippen LogP contribution in [-0.2, 0) is 14.9 Å². The first kappa shape index (κ1) is 21.4. The molecule has 30 heavy (non-hydrogen) atoms. The fourth-order valence-corrected chi connectivity index (χ4v) is 2.90. The molecule has 0 N–H and O–H groups in total. The smallest absolute Gasteiger partial charge is 0.347 e. The maximum absolute atomic E-state index is 12.8. The first-order chi connectivity index (χ1) is 14.2. The number of carbonyl (C=O) groups excluding carboxylic acids is 1. The normalized spacial score (nSPS) is 12.4. The number of hydrogen-bond acceptors (Lipinski definition) is 6. The largest absolute Gasteiger partial charge is 0.479 e. The van der Waals surface area contributed by atoms with Crippen LogP contribution < -0.4 is 14.9 Å². The van der Waals surface area contributed by atoms with Crippen molar-refractivity contribution in [1.82, 2.24) is 0 Å². The summed E-state index contributed by atoms with van der Waals surface area (Å²) < 4.78 is 21.8. The van der Waals surface area contributed by atoms with E-state index in [1.54, 1.807) is 32.0 Å². The van der Waals surface area contributed by atoms with Gasteiger partial charge >= 0.3 is 5.97 Å². The number of carbonyl (C=O) groups is 1. The van der Waals surface area contributed by atoms with Gasteiger partial charge in [-0.25, -0.2) is 4.79 Å². The van der Waals surface area contributed by atoms with Gasteiger partial charge < -0.3 is 18.6 Å². The summed E-state index contributed by atoms with van der Waals surface area (Å²) in [6.45, 7) is 10.00. The van der Waals surface area contributed by atoms with Crippen molar-refractivity contribution in [3.05, 3.63) is 64.5 Å². The van der Waals surface area contributed by atoms with Gasteiger partial charge in [-0.1, -0.05) is 32.9 Å². The summed E-state index contributed by atoms with van der Waals surface area (Å²) >= 11 is 0. The van der Waals surface area contributed by atoms with Crippen LogP contribution in [0, 0.1) is 0 Å². The summed E-state index contributed by atoms with van der Waals surface area (Å²) in [5.74, 6) is 0.593. The van der Waals surface area contributed by atoms with E-state index < -0.39 is 12.1 Å². The molecular weight excluding hydrogens is 384 g/mol. The minimum atomic E-state index is -0.771. The third kappa shape index (κ3) is 4.82. The summed E-state index contributed by atoms with van der Waals surface area (Å²) in [6.07, 6.45) is 0.508. The minimum absolute atomic E-state index is 0.0328. The molecule has 6 heteroatoms. The monoisotopic (exact) mass is 410 g/mol. The van der Waals surface area contributed by atoms with E-state index in [2.05, 4.69) is 20.8 Å². The van der Waals surface area contributed by atoms with Gasteiger partial charge in [0, 0.05) is 6.07 Å². The van der Waals surface area contributed by atoms with Crippen LogP contribution in [0.2, 0.25) is 0 Å². The van der Waals surface area contributed by atoms with Crippen LogP contribution in [0.15, 0.2) is 57.9 Å². The highest BCUT2D eigenvalue weighted by molar-refractivity contribution is 5.79. The number of ether oxygens (including phenoxy) is 3. The highest BCUT2D eigenvalue weighted by atomic mass is 16.6. The van der Waals surface area contributed by atoms with E-state index in [0.717, 1.165) is 0 Å². The molecule has 0 radical (unpaired) electrons. The quantitative estimate of drug-likeness (QED) is 0.519. The second-order valence-corrected chi connectivity index (χ2v) is 7.98. The Labute approximate surface area is 175 Å². The molecule has 1 heterocycles. The number of esters is 1. The van der Waals surface area contributed by atoms with E-state index in [1.807, 2.05) is 24.3 Å². The molecule has 1 atom stereocenters. The molecule has 0 amide bonds. The zero-order valence-corrected chi connectivity index (χ0v) is 17.9. The van der Waals surface area contributed by atoms with E-state index >= 15 is 0 Å². The summed E-state index contributed by atoms with van der Waals surface area (Å²) in [7, 11) is 0. The molecule has 0 aliphatic heterocycles. The van der Waals surface area contributed by atoms with Gasteiger partial charge in [-0.15, -0.1) is 0 Å². The van der Waals surface area contributed by atoms with Crippen LogP contribution in [0.1, 0.15) is 40.2 Å². The van der Waals surface area contributed by atoms with E-state index in [9.17, 15) is 9.59 Å². The third-order valence-electron chi connectivity index (χ3n) is 4.59. The standard InChI is InChI=1S/C24H26O6/c1-6-27-23(26)15(2)29-18-11-12-19-20(13-18)28-14-21(22(19)25)30-17-9-7-16(8-10-17)24(3,4)5/h7-15H,6H2,1-5H3. The first-order valence-corrected chi connectivity index (χ1v) is 9.86. The molecule has 0 aliphatic carbocycles. The lowest BCUT2D eigenvalue weighted by Gasteiger charge is -2.19. The lowest BCUT2D eigenvalue weighted by Crippen LogP contribution is -2.26. The SMILES string of the molecule is CCOC(=O)C(C)Oc1ccc2c(=O)c(Oc3ccc(C(C)(C)C)cc3)coc2c1. The van der Waals surface area contributed by atoms with Crippen LogP contribution in [0.5, 0.6) is 17.2 Å². The summed E-state index contributed by atoms with van der Waals surface area (Å²) in [6, 6.07) is 12.4. The van der Waals surface area contributed by atoms with E-state index in [4.69, 9.17) is 18.6 Å². The first-order valence-electron chi connectivity index (χ1n) is 9.86. The highest BCUT2D eigenvalue weighted by Gasteiger charge is 2.17. The fraction of sp³-hybridized carbons (Fsp3) is 0.333. The van der Waals surface area contributed by atoms with Gasteiger partial charge in [0.2, 0.25) is 11.2 Å². The van der Waals surface area contributed by atoms with Crippen LogP contribution >= 0.6 is 0 Å². The van der Waals surface area contributed by atoms with Gasteiger partial charge in [0.05, 0.1) is 12.0 Å². The van der Waals surface area contributed by atoms with Crippen LogP contribution in [0.25, 0.3) is 11.0 Å². The van der Waals surface area contributed by atoms with Crippen molar-refractivity contribution in [2.75, 3.05) is 6.61 Å². The van der Waals surface area contributed by atoms with E-state index in [1.165, 1.54) is 11.8 Å². The van der Waals surface area contributed by atoms with E-state index in [-0.39, 0.29) is 23.2 Å². The van der Waals surface area contributed by atoms with Crippen molar-refractivity contribution in [2.24, 2.45) is 0 Å². The van der Waals surface area contributed by atoms with Crippen molar-refractivity contribution in [3.8, 4) is 17.2 Å². The van der Waals surface area contributed by atoms with Gasteiger partial charge in [0.1, 0.15) is 23.3 Å². The van der Waals surface area contributed by atoms with Crippen molar-refractivity contribution < 1.29 is 23.4 Å². The molecule has 1 aromatic heterocycles. The lowest BCUT2D eigenvalue weighted by atomic mass is 9.87. The molecule has 3 aromatic rings. The maximum atomic E-state index is 12.8. The second kappa shape index (κ2) is 8.61. The van der Waals surface area contributed by atoms with Crippen molar-refractivity contribution in [2.45, 2.75) is 46.1 Å². The van der Waals surface area contributed by atoms with Gasteiger partial charge in [-0.2, -0.15) is 0 Å². The van der Waals surface area contributed by atoms with Crippen molar-refractivity contribution in [3.63, 3.8) is 0 Å². The average Bonchev–Trinajstić information content (AvgIpc) is 2.70. The van der Waals surface area contributed by atoms with Gasteiger partial charge in [0.25, 0.3) is 0 Å². The minimum Gasteiger partial charge on any atom is -0.479 e. The predicted molar refractivity (Wildman–Crippen MR) is 114 cm³/mol. The highest BCUT2D eigenvalue weighted by Crippen LogP contribution is 2.27. The Bertz CT molecular complexity index is 1090. The van der Waals surface area contributed by atoms with Crippen molar-refractivity contribution >= 4 is 16.9 Å². The molecule has 2 aromatic carbocycles. The molecular formula is C24H26O6. The Hall–Kier alpha value is -3.28. The Morgan fingerprint density at radius 3 is 2.37 bits per heavy atom. The van der Waals surface area contributed by atoms with Gasteiger partial charge in [-0.3, -0.25) is 4.79 Å². The molecule has 0 bridgehead atoms. The Kier molecular flexibility index (Phi) is 6.15. The molecule has 0 aliphatic rings. The topological polar surface area (TPSA) is 75.0 Å².